The molecule has 1 amide bonds. The van der Waals surface area contributed by atoms with Crippen LogP contribution < -0.4 is 10.6 Å². The van der Waals surface area contributed by atoms with E-state index in [1.807, 2.05) is 37.3 Å². The number of anilines is 1. The fourth-order valence-corrected chi connectivity index (χ4v) is 2.95. The van der Waals surface area contributed by atoms with Gasteiger partial charge in [0.2, 0.25) is 5.91 Å². The predicted octanol–water partition coefficient (Wildman–Crippen LogP) is 3.41. The van der Waals surface area contributed by atoms with Crippen LogP contribution in [0.2, 0.25) is 0 Å². The van der Waals surface area contributed by atoms with Crippen LogP contribution >= 0.6 is 15.9 Å². The van der Waals surface area contributed by atoms with Crippen molar-refractivity contribution in [1.29, 1.82) is 0 Å². The van der Waals surface area contributed by atoms with Crippen molar-refractivity contribution in [1.82, 2.24) is 5.32 Å². The van der Waals surface area contributed by atoms with Crippen LogP contribution in [-0.4, -0.2) is 11.9 Å². The smallest absolute Gasteiger partial charge is 0.241 e. The first-order chi connectivity index (χ1) is 10.1. The Hall–Kier alpha value is -1.65. The van der Waals surface area contributed by atoms with Gasteiger partial charge in [-0.25, -0.2) is 0 Å². The van der Waals surface area contributed by atoms with Crippen molar-refractivity contribution in [3.05, 3.63) is 63.6 Å². The Balaban J connectivity index is 1.74. The molecule has 2 aromatic carbocycles. The summed E-state index contributed by atoms with van der Waals surface area (Å²) < 4.78 is 0.963. The summed E-state index contributed by atoms with van der Waals surface area (Å²) in [5.41, 5.74) is 4.44. The molecule has 1 atom stereocenters. The Kier molecular flexibility index (Phi) is 4.08. The highest BCUT2D eigenvalue weighted by Gasteiger charge is 2.24. The molecule has 4 heteroatoms. The lowest BCUT2D eigenvalue weighted by Crippen LogP contribution is -2.44. The molecule has 0 spiro atoms. The van der Waals surface area contributed by atoms with E-state index in [-0.39, 0.29) is 11.9 Å². The van der Waals surface area contributed by atoms with Gasteiger partial charge >= 0.3 is 0 Å². The van der Waals surface area contributed by atoms with Gasteiger partial charge in [-0.3, -0.25) is 4.79 Å². The molecule has 21 heavy (non-hydrogen) atoms. The van der Waals surface area contributed by atoms with Crippen molar-refractivity contribution in [2.75, 3.05) is 5.32 Å². The third-order valence-corrected chi connectivity index (χ3v) is 4.35. The second-order valence-corrected chi connectivity index (χ2v) is 6.27. The Morgan fingerprint density at radius 3 is 2.81 bits per heavy atom. The van der Waals surface area contributed by atoms with Gasteiger partial charge in [0, 0.05) is 16.7 Å². The van der Waals surface area contributed by atoms with E-state index in [0.717, 1.165) is 28.7 Å². The summed E-state index contributed by atoms with van der Waals surface area (Å²) in [6.07, 6.45) is 0.731. The minimum atomic E-state index is -0.182. The fraction of sp³-hybridized carbons (Fsp3) is 0.235. The van der Waals surface area contributed by atoms with Crippen molar-refractivity contribution in [3.8, 4) is 0 Å². The number of benzene rings is 2. The summed E-state index contributed by atoms with van der Waals surface area (Å²) >= 11 is 3.44. The number of fused-ring (bicyclic) bond motifs is 1. The van der Waals surface area contributed by atoms with Gasteiger partial charge in [0.25, 0.3) is 0 Å². The molecule has 0 saturated carbocycles. The maximum Gasteiger partial charge on any atom is 0.241 e. The highest BCUT2D eigenvalue weighted by atomic mass is 79.9. The standard InChI is InChI=1S/C17H17BrN2O/c1-11-6-7-14(18)9-15(11)20-17(21)16-8-12-4-2-3-5-13(12)10-19-16/h2-7,9,16,19H,8,10H2,1H3,(H,20,21)/t16-/m1/s1. The monoisotopic (exact) mass is 344 g/mol. The fourth-order valence-electron chi connectivity index (χ4n) is 2.59. The van der Waals surface area contributed by atoms with Crippen LogP contribution in [0.4, 0.5) is 5.69 Å². The Morgan fingerprint density at radius 1 is 1.24 bits per heavy atom. The molecule has 2 aromatic rings. The molecule has 0 aliphatic carbocycles. The second-order valence-electron chi connectivity index (χ2n) is 5.35. The molecule has 3 rings (SSSR count). The van der Waals surface area contributed by atoms with Crippen LogP contribution in [0.1, 0.15) is 16.7 Å². The summed E-state index contributed by atoms with van der Waals surface area (Å²) in [6.45, 7) is 2.73. The first-order valence-electron chi connectivity index (χ1n) is 7.00. The highest BCUT2D eigenvalue weighted by molar-refractivity contribution is 9.10. The zero-order valence-electron chi connectivity index (χ0n) is 11.8. The van der Waals surface area contributed by atoms with Crippen molar-refractivity contribution >= 4 is 27.5 Å². The number of halogens is 1. The average molecular weight is 345 g/mol. The van der Waals surface area contributed by atoms with E-state index in [1.165, 1.54) is 11.1 Å². The molecule has 0 saturated heterocycles. The van der Waals surface area contributed by atoms with Crippen molar-refractivity contribution < 1.29 is 4.79 Å². The first kappa shape index (κ1) is 14.3. The quantitative estimate of drug-likeness (QED) is 0.876. The lowest BCUT2D eigenvalue weighted by molar-refractivity contribution is -0.118. The summed E-state index contributed by atoms with van der Waals surface area (Å²) in [4.78, 5) is 12.5. The van der Waals surface area contributed by atoms with E-state index in [1.54, 1.807) is 0 Å². The third kappa shape index (κ3) is 3.17. The van der Waals surface area contributed by atoms with E-state index in [0.29, 0.717) is 0 Å². The Morgan fingerprint density at radius 2 is 2.00 bits per heavy atom. The molecule has 0 radical (unpaired) electrons. The van der Waals surface area contributed by atoms with Gasteiger partial charge in [0.05, 0.1) is 6.04 Å². The number of hydrogen-bond acceptors (Lipinski definition) is 2. The van der Waals surface area contributed by atoms with Gasteiger partial charge < -0.3 is 10.6 Å². The normalized spacial score (nSPS) is 17.1. The van der Waals surface area contributed by atoms with Gasteiger partial charge in [0.1, 0.15) is 0 Å². The predicted molar refractivity (Wildman–Crippen MR) is 88.3 cm³/mol. The molecule has 0 aromatic heterocycles. The van der Waals surface area contributed by atoms with E-state index in [9.17, 15) is 4.79 Å². The number of nitrogens with one attached hydrogen (secondary N) is 2. The summed E-state index contributed by atoms with van der Waals surface area (Å²) in [6, 6.07) is 14.0. The second kappa shape index (κ2) is 6.00. The van der Waals surface area contributed by atoms with Gasteiger partial charge in [-0.15, -0.1) is 0 Å². The topological polar surface area (TPSA) is 41.1 Å². The molecular formula is C17H17BrN2O. The summed E-state index contributed by atoms with van der Waals surface area (Å²) in [7, 11) is 0. The van der Waals surface area contributed by atoms with Gasteiger partial charge in [-0.1, -0.05) is 46.3 Å². The molecule has 1 aliphatic heterocycles. The number of aryl methyl sites for hydroxylation is 1. The zero-order valence-corrected chi connectivity index (χ0v) is 13.4. The molecule has 0 bridgehead atoms. The van der Waals surface area contributed by atoms with E-state index in [4.69, 9.17) is 0 Å². The SMILES string of the molecule is Cc1ccc(Br)cc1NC(=O)[C@H]1Cc2ccccc2CN1. The number of carbonyl (C=O) groups excluding carboxylic acids is 1. The molecule has 2 N–H and O–H groups in total. The summed E-state index contributed by atoms with van der Waals surface area (Å²) in [5, 5.41) is 6.33. The van der Waals surface area contributed by atoms with Crippen molar-refractivity contribution in [3.63, 3.8) is 0 Å². The van der Waals surface area contributed by atoms with Crippen molar-refractivity contribution in [2.45, 2.75) is 25.9 Å². The van der Waals surface area contributed by atoms with Crippen LogP contribution in [0.15, 0.2) is 46.9 Å². The van der Waals surface area contributed by atoms with Crippen LogP contribution in [0.25, 0.3) is 0 Å². The average Bonchev–Trinajstić information content (AvgIpc) is 2.50. The van der Waals surface area contributed by atoms with Crippen molar-refractivity contribution in [2.24, 2.45) is 0 Å². The number of amides is 1. The van der Waals surface area contributed by atoms with Crippen LogP contribution in [0.5, 0.6) is 0 Å². The zero-order chi connectivity index (χ0) is 14.8. The van der Waals surface area contributed by atoms with Crippen LogP contribution in [0, 0.1) is 6.92 Å². The molecule has 0 fully saturated rings. The van der Waals surface area contributed by atoms with E-state index < -0.39 is 0 Å². The molecule has 3 nitrogen and oxygen atoms in total. The maximum absolute atomic E-state index is 12.5. The lowest BCUT2D eigenvalue weighted by atomic mass is 9.95. The van der Waals surface area contributed by atoms with E-state index >= 15 is 0 Å². The van der Waals surface area contributed by atoms with Crippen LogP contribution in [0.3, 0.4) is 0 Å². The minimum Gasteiger partial charge on any atom is -0.324 e. The molecule has 108 valence electrons. The van der Waals surface area contributed by atoms with Gasteiger partial charge in [0.15, 0.2) is 0 Å². The Bertz CT molecular complexity index is 684. The summed E-state index contributed by atoms with van der Waals surface area (Å²) in [5.74, 6) is 0.0192. The maximum atomic E-state index is 12.5. The van der Waals surface area contributed by atoms with Gasteiger partial charge in [-0.05, 0) is 42.2 Å². The molecular weight excluding hydrogens is 328 g/mol. The first-order valence-corrected chi connectivity index (χ1v) is 7.80. The van der Waals surface area contributed by atoms with Gasteiger partial charge in [-0.2, -0.15) is 0 Å². The third-order valence-electron chi connectivity index (χ3n) is 3.86. The highest BCUT2D eigenvalue weighted by Crippen LogP contribution is 2.22. The molecule has 0 unspecified atom stereocenters. The minimum absolute atomic E-state index is 0.0192. The molecule has 1 aliphatic rings. The number of hydrogen-bond donors (Lipinski definition) is 2. The Labute approximate surface area is 132 Å². The number of carbonyl (C=O) groups is 1. The van der Waals surface area contributed by atoms with Crippen LogP contribution in [-0.2, 0) is 17.8 Å². The largest absolute Gasteiger partial charge is 0.324 e. The van der Waals surface area contributed by atoms with E-state index in [2.05, 4.69) is 38.7 Å². The lowest BCUT2D eigenvalue weighted by Gasteiger charge is -2.25. The molecule has 1 heterocycles. The number of rotatable bonds is 2.